The summed E-state index contributed by atoms with van der Waals surface area (Å²) in [6.45, 7) is 4.40. The summed E-state index contributed by atoms with van der Waals surface area (Å²) in [7, 11) is 0. The van der Waals surface area contributed by atoms with E-state index in [1.54, 1.807) is 0 Å². The molecule has 1 amide bonds. The number of oxazole rings is 1. The van der Waals surface area contributed by atoms with Gasteiger partial charge >= 0.3 is 0 Å². The summed E-state index contributed by atoms with van der Waals surface area (Å²) in [5.74, 6) is 1.22. The second-order valence-corrected chi connectivity index (χ2v) is 5.74. The Balaban J connectivity index is 1.44. The number of benzene rings is 2. The third-order valence-electron chi connectivity index (χ3n) is 3.69. The molecule has 124 valence electrons. The molecule has 0 fully saturated rings. The van der Waals surface area contributed by atoms with Crippen LogP contribution in [-0.2, 0) is 11.2 Å². The van der Waals surface area contributed by atoms with Crippen LogP contribution in [0.2, 0.25) is 0 Å². The summed E-state index contributed by atoms with van der Waals surface area (Å²) >= 11 is 0. The van der Waals surface area contributed by atoms with E-state index in [0.29, 0.717) is 18.2 Å². The van der Waals surface area contributed by atoms with Crippen LogP contribution >= 0.6 is 0 Å². The lowest BCUT2D eigenvalue weighted by Gasteiger charge is -2.08. The van der Waals surface area contributed by atoms with E-state index in [0.717, 1.165) is 28.6 Å². The number of fused-ring (bicyclic) bond motifs is 1. The van der Waals surface area contributed by atoms with Crippen molar-refractivity contribution in [2.75, 3.05) is 13.2 Å². The molecule has 24 heavy (non-hydrogen) atoms. The maximum Gasteiger partial charge on any atom is 0.257 e. The molecule has 0 atom stereocenters. The Hall–Kier alpha value is -2.82. The number of nitrogens with one attached hydrogen (secondary N) is 1. The summed E-state index contributed by atoms with van der Waals surface area (Å²) in [4.78, 5) is 16.1. The highest BCUT2D eigenvalue weighted by Crippen LogP contribution is 2.17. The van der Waals surface area contributed by atoms with Crippen LogP contribution in [0.15, 0.2) is 46.9 Å². The second kappa shape index (κ2) is 7.17. The van der Waals surface area contributed by atoms with E-state index < -0.39 is 0 Å². The van der Waals surface area contributed by atoms with Crippen LogP contribution < -0.4 is 10.1 Å². The molecule has 0 aliphatic carbocycles. The Morgan fingerprint density at radius 1 is 1.17 bits per heavy atom. The number of aromatic nitrogens is 1. The highest BCUT2D eigenvalue weighted by Gasteiger charge is 2.05. The second-order valence-electron chi connectivity index (χ2n) is 5.74. The maximum atomic E-state index is 11.8. The number of ether oxygens (including phenoxy) is 1. The first-order valence-corrected chi connectivity index (χ1v) is 7.92. The average molecular weight is 324 g/mol. The van der Waals surface area contributed by atoms with Gasteiger partial charge in [0.15, 0.2) is 18.1 Å². The lowest BCUT2D eigenvalue weighted by molar-refractivity contribution is -0.123. The van der Waals surface area contributed by atoms with E-state index in [2.05, 4.69) is 10.3 Å². The van der Waals surface area contributed by atoms with Crippen LogP contribution in [0, 0.1) is 13.8 Å². The van der Waals surface area contributed by atoms with Crippen LogP contribution in [0.25, 0.3) is 11.1 Å². The predicted molar refractivity (Wildman–Crippen MR) is 92.1 cm³/mol. The molecule has 5 nitrogen and oxygen atoms in total. The van der Waals surface area contributed by atoms with E-state index in [1.165, 1.54) is 0 Å². The number of nitrogens with zero attached hydrogens (tertiary/aromatic N) is 1. The number of carbonyl (C=O) groups is 1. The topological polar surface area (TPSA) is 64.4 Å². The molecule has 0 aliphatic rings. The molecule has 0 spiro atoms. The fraction of sp³-hybridized carbons (Fsp3) is 0.263. The third kappa shape index (κ3) is 4.13. The van der Waals surface area contributed by atoms with E-state index in [1.807, 2.05) is 56.3 Å². The van der Waals surface area contributed by atoms with Gasteiger partial charge < -0.3 is 14.5 Å². The van der Waals surface area contributed by atoms with Crippen molar-refractivity contribution in [3.05, 3.63) is 59.5 Å². The molecule has 1 heterocycles. The Labute approximate surface area is 140 Å². The summed E-state index contributed by atoms with van der Waals surface area (Å²) in [6, 6.07) is 13.5. The number of amides is 1. The molecule has 3 aromatic rings. The van der Waals surface area contributed by atoms with Crippen LogP contribution in [0.3, 0.4) is 0 Å². The van der Waals surface area contributed by atoms with Gasteiger partial charge in [0.2, 0.25) is 0 Å². The molecule has 1 N–H and O–H groups in total. The summed E-state index contributed by atoms with van der Waals surface area (Å²) < 4.78 is 11.0. The first-order chi connectivity index (χ1) is 11.6. The fourth-order valence-corrected chi connectivity index (χ4v) is 2.42. The number of aryl methyl sites for hydroxylation is 2. The van der Waals surface area contributed by atoms with Gasteiger partial charge in [-0.1, -0.05) is 23.8 Å². The normalized spacial score (nSPS) is 10.8. The first kappa shape index (κ1) is 16.1. The third-order valence-corrected chi connectivity index (χ3v) is 3.69. The molecule has 0 aliphatic heterocycles. The minimum Gasteiger partial charge on any atom is -0.484 e. The highest BCUT2D eigenvalue weighted by atomic mass is 16.5. The summed E-state index contributed by atoms with van der Waals surface area (Å²) in [5.41, 5.74) is 3.88. The standard InChI is InChI=1S/C19H20N2O3/c1-13-3-6-16(7-4-13)23-12-19(22)20-10-9-15-5-8-17-18(11-15)24-14(2)21-17/h3-8,11H,9-10,12H2,1-2H3,(H,20,22). The van der Waals surface area contributed by atoms with Gasteiger partial charge in [-0.3, -0.25) is 4.79 Å². The zero-order chi connectivity index (χ0) is 16.9. The quantitative estimate of drug-likeness (QED) is 0.756. The predicted octanol–water partition coefficient (Wildman–Crippen LogP) is 3.18. The van der Waals surface area contributed by atoms with Crippen LogP contribution in [0.5, 0.6) is 5.75 Å². The van der Waals surface area contributed by atoms with Crippen molar-refractivity contribution in [1.29, 1.82) is 0 Å². The smallest absolute Gasteiger partial charge is 0.257 e. The lowest BCUT2D eigenvalue weighted by Crippen LogP contribution is -2.30. The zero-order valence-corrected chi connectivity index (χ0v) is 13.8. The maximum absolute atomic E-state index is 11.8. The largest absolute Gasteiger partial charge is 0.484 e. The number of carbonyl (C=O) groups excluding carboxylic acids is 1. The zero-order valence-electron chi connectivity index (χ0n) is 13.8. The van der Waals surface area contributed by atoms with Gasteiger partial charge in [-0.15, -0.1) is 0 Å². The van der Waals surface area contributed by atoms with Crippen molar-refractivity contribution in [3.8, 4) is 5.75 Å². The molecule has 0 saturated heterocycles. The highest BCUT2D eigenvalue weighted by molar-refractivity contribution is 5.77. The molecule has 0 bridgehead atoms. The van der Waals surface area contributed by atoms with E-state index in [4.69, 9.17) is 9.15 Å². The van der Waals surface area contributed by atoms with E-state index in [-0.39, 0.29) is 12.5 Å². The Kier molecular flexibility index (Phi) is 4.79. The monoisotopic (exact) mass is 324 g/mol. The first-order valence-electron chi connectivity index (χ1n) is 7.92. The SMILES string of the molecule is Cc1ccc(OCC(=O)NCCc2ccc3nc(C)oc3c2)cc1. The Morgan fingerprint density at radius 3 is 2.75 bits per heavy atom. The fourth-order valence-electron chi connectivity index (χ4n) is 2.42. The van der Waals surface area contributed by atoms with Crippen molar-refractivity contribution in [1.82, 2.24) is 10.3 Å². The molecular weight excluding hydrogens is 304 g/mol. The van der Waals surface area contributed by atoms with Crippen molar-refractivity contribution < 1.29 is 13.9 Å². The van der Waals surface area contributed by atoms with Crippen molar-refractivity contribution in [2.45, 2.75) is 20.3 Å². The van der Waals surface area contributed by atoms with E-state index >= 15 is 0 Å². The molecule has 0 radical (unpaired) electrons. The van der Waals surface area contributed by atoms with Gasteiger partial charge in [0.25, 0.3) is 5.91 Å². The number of hydrogen-bond acceptors (Lipinski definition) is 4. The van der Waals surface area contributed by atoms with Crippen molar-refractivity contribution in [2.24, 2.45) is 0 Å². The van der Waals surface area contributed by atoms with Crippen LogP contribution in [0.4, 0.5) is 0 Å². The molecule has 1 aromatic heterocycles. The van der Waals surface area contributed by atoms with E-state index in [9.17, 15) is 4.79 Å². The Morgan fingerprint density at radius 2 is 1.96 bits per heavy atom. The molecule has 3 rings (SSSR count). The van der Waals surface area contributed by atoms with Gasteiger partial charge in [0.1, 0.15) is 11.3 Å². The van der Waals surface area contributed by atoms with Gasteiger partial charge in [0.05, 0.1) is 0 Å². The Bertz CT molecular complexity index is 837. The minimum absolute atomic E-state index is 0.0173. The van der Waals surface area contributed by atoms with Crippen LogP contribution in [-0.4, -0.2) is 24.0 Å². The number of hydrogen-bond donors (Lipinski definition) is 1. The van der Waals surface area contributed by atoms with Crippen molar-refractivity contribution in [3.63, 3.8) is 0 Å². The average Bonchev–Trinajstić information content (AvgIpc) is 2.93. The summed E-state index contributed by atoms with van der Waals surface area (Å²) in [6.07, 6.45) is 0.728. The van der Waals surface area contributed by atoms with Gasteiger partial charge in [-0.25, -0.2) is 4.98 Å². The van der Waals surface area contributed by atoms with Gasteiger partial charge in [-0.2, -0.15) is 0 Å². The van der Waals surface area contributed by atoms with Crippen molar-refractivity contribution >= 4 is 17.0 Å². The van der Waals surface area contributed by atoms with Crippen LogP contribution in [0.1, 0.15) is 17.0 Å². The molecule has 2 aromatic carbocycles. The molecular formula is C19H20N2O3. The lowest BCUT2D eigenvalue weighted by atomic mass is 10.1. The molecule has 0 unspecified atom stereocenters. The number of rotatable bonds is 6. The summed E-state index contributed by atoms with van der Waals surface area (Å²) in [5, 5.41) is 2.86. The molecule has 5 heteroatoms. The van der Waals surface area contributed by atoms with Gasteiger partial charge in [-0.05, 0) is 43.2 Å². The minimum atomic E-state index is -0.132. The van der Waals surface area contributed by atoms with Gasteiger partial charge in [0, 0.05) is 13.5 Å². The molecule has 0 saturated carbocycles.